The molecule has 0 aliphatic rings. The number of nitrogens with zero attached hydrogens (tertiary/aromatic N) is 3. The molecular formula is C14H17N5S2. The van der Waals surface area contributed by atoms with Crippen molar-refractivity contribution >= 4 is 34.8 Å². The molecule has 2 aromatic rings. The van der Waals surface area contributed by atoms with E-state index in [4.69, 9.17) is 23.7 Å². The maximum atomic E-state index is 5.96. The summed E-state index contributed by atoms with van der Waals surface area (Å²) in [6.45, 7) is 6.02. The quantitative estimate of drug-likeness (QED) is 0.837. The van der Waals surface area contributed by atoms with Gasteiger partial charge in [0.1, 0.15) is 16.6 Å². The average Bonchev–Trinajstić information content (AvgIpc) is 2.41. The second-order valence-corrected chi connectivity index (χ2v) is 6.42. The fraction of sp³-hybridized carbons (Fsp3) is 0.286. The van der Waals surface area contributed by atoms with Crippen molar-refractivity contribution in [1.82, 2.24) is 15.0 Å². The first-order chi connectivity index (χ1) is 9.88. The van der Waals surface area contributed by atoms with E-state index < -0.39 is 0 Å². The number of hydrogen-bond acceptors (Lipinski definition) is 6. The second kappa shape index (κ2) is 6.36. The van der Waals surface area contributed by atoms with Crippen LogP contribution in [0.5, 0.6) is 0 Å². The third-order valence-corrected chi connectivity index (χ3v) is 4.21. The number of pyridine rings is 1. The van der Waals surface area contributed by atoms with E-state index in [1.165, 1.54) is 11.8 Å². The van der Waals surface area contributed by atoms with Crippen LogP contribution >= 0.6 is 24.0 Å². The summed E-state index contributed by atoms with van der Waals surface area (Å²) in [5, 5.41) is 0. The lowest BCUT2D eigenvalue weighted by molar-refractivity contribution is 0.831. The van der Waals surface area contributed by atoms with Crippen molar-refractivity contribution in [2.45, 2.75) is 36.5 Å². The van der Waals surface area contributed by atoms with Crippen molar-refractivity contribution in [1.29, 1.82) is 0 Å². The molecule has 0 bridgehead atoms. The first kappa shape index (κ1) is 15.7. The van der Waals surface area contributed by atoms with Crippen LogP contribution in [0.15, 0.2) is 28.3 Å². The SMILES string of the molecule is Cc1ncc(Sc2cc(C(N)=S)ncc2C(C)C)c(N)n1. The highest BCUT2D eigenvalue weighted by Gasteiger charge is 2.13. The van der Waals surface area contributed by atoms with Gasteiger partial charge in [0.05, 0.1) is 10.6 Å². The zero-order valence-electron chi connectivity index (χ0n) is 12.1. The Kier molecular flexibility index (Phi) is 4.74. The minimum Gasteiger partial charge on any atom is -0.388 e. The zero-order chi connectivity index (χ0) is 15.6. The highest BCUT2D eigenvalue weighted by atomic mass is 32.2. The lowest BCUT2D eigenvalue weighted by atomic mass is 10.1. The normalized spacial score (nSPS) is 10.9. The van der Waals surface area contributed by atoms with E-state index in [1.54, 1.807) is 6.20 Å². The largest absolute Gasteiger partial charge is 0.388 e. The Morgan fingerprint density at radius 1 is 1.24 bits per heavy atom. The van der Waals surface area contributed by atoms with Crippen LogP contribution in [0, 0.1) is 6.92 Å². The minimum absolute atomic E-state index is 0.278. The van der Waals surface area contributed by atoms with Crippen LogP contribution in [0.2, 0.25) is 0 Å². The lowest BCUT2D eigenvalue weighted by Gasteiger charge is -2.13. The number of rotatable bonds is 4. The van der Waals surface area contributed by atoms with Crippen molar-refractivity contribution in [2.24, 2.45) is 5.73 Å². The number of aromatic nitrogens is 3. The molecule has 0 fully saturated rings. The van der Waals surface area contributed by atoms with E-state index in [9.17, 15) is 0 Å². The van der Waals surface area contributed by atoms with Gasteiger partial charge in [-0.1, -0.05) is 37.8 Å². The van der Waals surface area contributed by atoms with Crippen LogP contribution in [0.25, 0.3) is 0 Å². The Balaban J connectivity index is 2.45. The van der Waals surface area contributed by atoms with Gasteiger partial charge in [-0.15, -0.1) is 0 Å². The standard InChI is InChI=1S/C14H17N5S2/c1-7(2)9-5-18-10(14(16)20)4-11(9)21-12-6-17-8(3)19-13(12)15/h4-7H,1-3H3,(H2,16,20)(H2,15,17,19). The molecule has 0 atom stereocenters. The van der Waals surface area contributed by atoms with Crippen molar-refractivity contribution in [3.63, 3.8) is 0 Å². The van der Waals surface area contributed by atoms with Crippen LogP contribution in [0.1, 0.15) is 36.8 Å². The number of nitrogen functional groups attached to an aromatic ring is 1. The van der Waals surface area contributed by atoms with Gasteiger partial charge in [0.25, 0.3) is 0 Å². The van der Waals surface area contributed by atoms with Gasteiger partial charge in [-0.3, -0.25) is 4.98 Å². The van der Waals surface area contributed by atoms with Crippen molar-refractivity contribution in [3.05, 3.63) is 35.5 Å². The van der Waals surface area contributed by atoms with Crippen molar-refractivity contribution < 1.29 is 0 Å². The first-order valence-corrected chi connectivity index (χ1v) is 7.67. The lowest BCUT2D eigenvalue weighted by Crippen LogP contribution is -2.12. The van der Waals surface area contributed by atoms with E-state index in [0.29, 0.717) is 23.3 Å². The molecule has 0 saturated heterocycles. The maximum absolute atomic E-state index is 5.96. The van der Waals surface area contributed by atoms with Crippen molar-refractivity contribution in [3.8, 4) is 0 Å². The first-order valence-electron chi connectivity index (χ1n) is 6.45. The van der Waals surface area contributed by atoms with Crippen LogP contribution in [-0.4, -0.2) is 19.9 Å². The fourth-order valence-corrected chi connectivity index (χ4v) is 2.96. The molecule has 2 rings (SSSR count). The van der Waals surface area contributed by atoms with E-state index in [-0.39, 0.29) is 4.99 Å². The second-order valence-electron chi connectivity index (χ2n) is 4.90. The number of nitrogens with two attached hydrogens (primary N) is 2. The van der Waals surface area contributed by atoms with Crippen LogP contribution in [-0.2, 0) is 0 Å². The maximum Gasteiger partial charge on any atom is 0.141 e. The Bertz CT molecular complexity index is 685. The summed E-state index contributed by atoms with van der Waals surface area (Å²) in [6.07, 6.45) is 3.54. The predicted molar refractivity (Wildman–Crippen MR) is 89.5 cm³/mol. The molecule has 4 N–H and O–H groups in total. The molecule has 7 heteroatoms. The molecule has 0 aliphatic carbocycles. The summed E-state index contributed by atoms with van der Waals surface area (Å²) >= 11 is 6.50. The van der Waals surface area contributed by atoms with Crippen LogP contribution in [0.3, 0.4) is 0 Å². The monoisotopic (exact) mass is 319 g/mol. The molecule has 110 valence electrons. The fourth-order valence-electron chi connectivity index (χ4n) is 1.78. The van der Waals surface area contributed by atoms with Gasteiger partial charge in [0, 0.05) is 17.3 Å². The molecule has 0 saturated carbocycles. The summed E-state index contributed by atoms with van der Waals surface area (Å²) in [5.74, 6) is 1.45. The van der Waals surface area contributed by atoms with Gasteiger partial charge >= 0.3 is 0 Å². The Morgan fingerprint density at radius 2 is 1.95 bits per heavy atom. The summed E-state index contributed by atoms with van der Waals surface area (Å²) in [5.41, 5.74) is 13.3. The third-order valence-electron chi connectivity index (χ3n) is 2.89. The van der Waals surface area contributed by atoms with Gasteiger partial charge < -0.3 is 11.5 Å². The molecule has 21 heavy (non-hydrogen) atoms. The topological polar surface area (TPSA) is 90.7 Å². The molecule has 0 aliphatic heterocycles. The van der Waals surface area contributed by atoms with Gasteiger partial charge in [0.15, 0.2) is 0 Å². The smallest absolute Gasteiger partial charge is 0.141 e. The molecule has 0 unspecified atom stereocenters. The predicted octanol–water partition coefficient (Wildman–Crippen LogP) is 2.67. The average molecular weight is 319 g/mol. The van der Waals surface area contributed by atoms with Crippen molar-refractivity contribution in [2.75, 3.05) is 5.73 Å². The summed E-state index contributed by atoms with van der Waals surface area (Å²) in [7, 11) is 0. The molecule has 2 aromatic heterocycles. The minimum atomic E-state index is 0.278. The molecule has 5 nitrogen and oxygen atoms in total. The molecule has 0 radical (unpaired) electrons. The van der Waals surface area contributed by atoms with E-state index in [2.05, 4.69) is 28.8 Å². The van der Waals surface area contributed by atoms with Crippen LogP contribution < -0.4 is 11.5 Å². The Labute approximate surface area is 133 Å². The molecule has 0 spiro atoms. The highest BCUT2D eigenvalue weighted by Crippen LogP contribution is 2.35. The molecule has 0 amide bonds. The van der Waals surface area contributed by atoms with Gasteiger partial charge in [-0.25, -0.2) is 9.97 Å². The van der Waals surface area contributed by atoms with E-state index >= 15 is 0 Å². The number of hydrogen-bond donors (Lipinski definition) is 2. The van der Waals surface area contributed by atoms with E-state index in [1.807, 2.05) is 19.2 Å². The molecule has 0 aromatic carbocycles. The van der Waals surface area contributed by atoms with Gasteiger partial charge in [-0.2, -0.15) is 0 Å². The van der Waals surface area contributed by atoms with Crippen LogP contribution in [0.4, 0.5) is 5.82 Å². The zero-order valence-corrected chi connectivity index (χ0v) is 13.8. The van der Waals surface area contributed by atoms with Gasteiger partial charge in [0.2, 0.25) is 0 Å². The Morgan fingerprint density at radius 3 is 2.52 bits per heavy atom. The molecule has 2 heterocycles. The number of anilines is 1. The third kappa shape index (κ3) is 3.68. The summed E-state index contributed by atoms with van der Waals surface area (Å²) in [6, 6.07) is 1.89. The summed E-state index contributed by atoms with van der Waals surface area (Å²) in [4.78, 5) is 14.8. The number of thiocarbonyl (C=S) groups is 1. The summed E-state index contributed by atoms with van der Waals surface area (Å²) < 4.78 is 0. The molecular weight excluding hydrogens is 302 g/mol. The van der Waals surface area contributed by atoms with Gasteiger partial charge in [-0.05, 0) is 24.5 Å². The number of aryl methyl sites for hydroxylation is 1. The highest BCUT2D eigenvalue weighted by molar-refractivity contribution is 7.99. The Hall–Kier alpha value is -1.73. The van der Waals surface area contributed by atoms with E-state index in [0.717, 1.165) is 15.4 Å².